The van der Waals surface area contributed by atoms with Crippen molar-refractivity contribution in [2.75, 3.05) is 0 Å². The summed E-state index contributed by atoms with van der Waals surface area (Å²) in [6, 6.07) is 2.10. The van der Waals surface area contributed by atoms with Gasteiger partial charge in [-0.15, -0.1) is 0 Å². The van der Waals surface area contributed by atoms with Crippen molar-refractivity contribution in [3.63, 3.8) is 0 Å². The number of nitrogens with zero attached hydrogens (tertiary/aromatic N) is 1. The van der Waals surface area contributed by atoms with E-state index in [1.165, 1.54) is 22.2 Å². The summed E-state index contributed by atoms with van der Waals surface area (Å²) < 4.78 is 0. The molecule has 2 aromatic heterocycles. The van der Waals surface area contributed by atoms with Crippen LogP contribution < -0.4 is 0 Å². The molecule has 2 heteroatoms. The van der Waals surface area contributed by atoms with Gasteiger partial charge in [-0.25, -0.2) is 0 Å². The number of H-pyrrole nitrogens is 1. The van der Waals surface area contributed by atoms with Gasteiger partial charge in [0, 0.05) is 17.8 Å². The quantitative estimate of drug-likeness (QED) is 0.707. The number of fused-ring (bicyclic) bond motifs is 1. The molecular weight excluding hydrogens is 160 g/mol. The van der Waals surface area contributed by atoms with Gasteiger partial charge in [-0.2, -0.15) is 0 Å². The van der Waals surface area contributed by atoms with Gasteiger partial charge in [0.25, 0.3) is 0 Å². The van der Waals surface area contributed by atoms with Crippen molar-refractivity contribution in [2.45, 2.75) is 26.7 Å². The van der Waals surface area contributed by atoms with Gasteiger partial charge in [0.2, 0.25) is 0 Å². The summed E-state index contributed by atoms with van der Waals surface area (Å²) in [5, 5.41) is 1.26. The van der Waals surface area contributed by atoms with E-state index in [0.717, 1.165) is 0 Å². The molecular formula is C11H14N2. The monoisotopic (exact) mass is 174 g/mol. The van der Waals surface area contributed by atoms with Crippen molar-refractivity contribution in [2.24, 2.45) is 0 Å². The first-order valence-electron chi connectivity index (χ1n) is 4.62. The van der Waals surface area contributed by atoms with Crippen LogP contribution in [0.3, 0.4) is 0 Å². The second-order valence-corrected chi connectivity index (χ2v) is 3.75. The SMILES string of the molecule is Cc1cnc(C(C)C)c2cc[nH]c12. The van der Waals surface area contributed by atoms with Crippen LogP contribution >= 0.6 is 0 Å². The lowest BCUT2D eigenvalue weighted by Crippen LogP contribution is -1.94. The summed E-state index contributed by atoms with van der Waals surface area (Å²) in [5.74, 6) is 0.485. The summed E-state index contributed by atoms with van der Waals surface area (Å²) in [5.41, 5.74) is 3.62. The van der Waals surface area contributed by atoms with Crippen LogP contribution in [0.1, 0.15) is 31.0 Å². The molecule has 0 spiro atoms. The van der Waals surface area contributed by atoms with E-state index in [1.807, 2.05) is 12.4 Å². The Bertz CT molecular complexity index is 427. The standard InChI is InChI=1S/C11H14N2/c1-7(2)10-9-4-5-12-11(9)8(3)6-13-10/h4-7,12H,1-3H3. The minimum atomic E-state index is 0.485. The highest BCUT2D eigenvalue weighted by molar-refractivity contribution is 5.84. The Labute approximate surface area is 78.0 Å². The second-order valence-electron chi connectivity index (χ2n) is 3.75. The topological polar surface area (TPSA) is 28.7 Å². The van der Waals surface area contributed by atoms with Crippen molar-refractivity contribution < 1.29 is 0 Å². The normalized spacial score (nSPS) is 11.4. The van der Waals surface area contributed by atoms with Gasteiger partial charge in [-0.1, -0.05) is 13.8 Å². The summed E-state index contributed by atoms with van der Waals surface area (Å²) in [7, 11) is 0. The number of hydrogen-bond acceptors (Lipinski definition) is 1. The molecule has 0 saturated carbocycles. The molecule has 0 aliphatic rings. The molecule has 0 saturated heterocycles. The van der Waals surface area contributed by atoms with Crippen molar-refractivity contribution in [1.29, 1.82) is 0 Å². The highest BCUT2D eigenvalue weighted by Crippen LogP contribution is 2.24. The number of aromatic nitrogens is 2. The Morgan fingerprint density at radius 3 is 2.85 bits per heavy atom. The van der Waals surface area contributed by atoms with Crippen LogP contribution in [0.15, 0.2) is 18.5 Å². The maximum atomic E-state index is 4.46. The first-order chi connectivity index (χ1) is 6.20. The predicted molar refractivity (Wildman–Crippen MR) is 54.9 cm³/mol. The molecule has 0 radical (unpaired) electrons. The summed E-state index contributed by atoms with van der Waals surface area (Å²) in [6.45, 7) is 6.42. The zero-order chi connectivity index (χ0) is 9.42. The molecule has 0 fully saturated rings. The van der Waals surface area contributed by atoms with Crippen LogP contribution in [0.5, 0.6) is 0 Å². The molecule has 2 heterocycles. The zero-order valence-electron chi connectivity index (χ0n) is 8.26. The third kappa shape index (κ3) is 1.22. The van der Waals surface area contributed by atoms with Crippen LogP contribution in [0.4, 0.5) is 0 Å². The molecule has 0 amide bonds. The summed E-state index contributed by atoms with van der Waals surface area (Å²) in [4.78, 5) is 7.70. The maximum absolute atomic E-state index is 4.46. The van der Waals surface area contributed by atoms with E-state index in [-0.39, 0.29) is 0 Å². The Balaban J connectivity index is 2.78. The van der Waals surface area contributed by atoms with Gasteiger partial charge in [0.1, 0.15) is 0 Å². The molecule has 0 bridgehead atoms. The van der Waals surface area contributed by atoms with Crippen LogP contribution in [0, 0.1) is 6.92 Å². The Morgan fingerprint density at radius 2 is 2.15 bits per heavy atom. The van der Waals surface area contributed by atoms with Gasteiger partial charge in [-0.05, 0) is 24.5 Å². The number of aryl methyl sites for hydroxylation is 1. The van der Waals surface area contributed by atoms with Crippen LogP contribution in [-0.2, 0) is 0 Å². The van der Waals surface area contributed by atoms with E-state index in [4.69, 9.17) is 0 Å². The third-order valence-corrected chi connectivity index (χ3v) is 2.36. The molecule has 2 nitrogen and oxygen atoms in total. The molecule has 0 unspecified atom stereocenters. The largest absolute Gasteiger partial charge is 0.361 e. The molecule has 68 valence electrons. The van der Waals surface area contributed by atoms with Crippen molar-refractivity contribution >= 4 is 10.9 Å². The van der Waals surface area contributed by atoms with Crippen molar-refractivity contribution in [3.05, 3.63) is 29.7 Å². The van der Waals surface area contributed by atoms with Gasteiger partial charge in [0.05, 0.1) is 11.2 Å². The van der Waals surface area contributed by atoms with E-state index < -0.39 is 0 Å². The molecule has 1 N–H and O–H groups in total. The maximum Gasteiger partial charge on any atom is 0.0522 e. The van der Waals surface area contributed by atoms with E-state index >= 15 is 0 Å². The predicted octanol–water partition coefficient (Wildman–Crippen LogP) is 2.99. The van der Waals surface area contributed by atoms with E-state index in [2.05, 4.69) is 36.8 Å². The van der Waals surface area contributed by atoms with Crippen LogP contribution in [-0.4, -0.2) is 9.97 Å². The lowest BCUT2D eigenvalue weighted by Gasteiger charge is -2.06. The van der Waals surface area contributed by atoms with Crippen LogP contribution in [0.2, 0.25) is 0 Å². The lowest BCUT2D eigenvalue weighted by molar-refractivity contribution is 0.833. The van der Waals surface area contributed by atoms with Crippen molar-refractivity contribution in [1.82, 2.24) is 9.97 Å². The van der Waals surface area contributed by atoms with Gasteiger partial charge in [0.15, 0.2) is 0 Å². The third-order valence-electron chi connectivity index (χ3n) is 2.36. The Morgan fingerprint density at radius 1 is 1.38 bits per heavy atom. The molecule has 2 rings (SSSR count). The molecule has 0 aliphatic heterocycles. The number of aromatic amines is 1. The molecule has 2 aromatic rings. The minimum Gasteiger partial charge on any atom is -0.361 e. The number of rotatable bonds is 1. The average molecular weight is 174 g/mol. The first kappa shape index (κ1) is 8.30. The Hall–Kier alpha value is -1.31. The van der Waals surface area contributed by atoms with E-state index in [0.29, 0.717) is 5.92 Å². The number of hydrogen-bond donors (Lipinski definition) is 1. The zero-order valence-corrected chi connectivity index (χ0v) is 8.26. The molecule has 0 atom stereocenters. The number of nitrogens with one attached hydrogen (secondary N) is 1. The Kier molecular flexibility index (Phi) is 1.83. The average Bonchev–Trinajstić information content (AvgIpc) is 2.53. The van der Waals surface area contributed by atoms with Gasteiger partial charge < -0.3 is 4.98 Å². The van der Waals surface area contributed by atoms with Gasteiger partial charge >= 0.3 is 0 Å². The highest BCUT2D eigenvalue weighted by Gasteiger charge is 2.08. The van der Waals surface area contributed by atoms with E-state index in [1.54, 1.807) is 0 Å². The lowest BCUT2D eigenvalue weighted by atomic mass is 10.0. The smallest absolute Gasteiger partial charge is 0.0522 e. The molecule has 0 aromatic carbocycles. The van der Waals surface area contributed by atoms with Gasteiger partial charge in [-0.3, -0.25) is 4.98 Å². The van der Waals surface area contributed by atoms with Crippen LogP contribution in [0.25, 0.3) is 10.9 Å². The molecule has 13 heavy (non-hydrogen) atoms. The first-order valence-corrected chi connectivity index (χ1v) is 4.62. The molecule has 0 aliphatic carbocycles. The second kappa shape index (κ2) is 2.87. The van der Waals surface area contributed by atoms with Crippen molar-refractivity contribution in [3.8, 4) is 0 Å². The minimum absolute atomic E-state index is 0.485. The highest BCUT2D eigenvalue weighted by atomic mass is 14.7. The fourth-order valence-corrected chi connectivity index (χ4v) is 1.67. The summed E-state index contributed by atoms with van der Waals surface area (Å²) >= 11 is 0. The fourth-order valence-electron chi connectivity index (χ4n) is 1.67. The summed E-state index contributed by atoms with van der Waals surface area (Å²) in [6.07, 6.45) is 3.92. The van der Waals surface area contributed by atoms with E-state index in [9.17, 15) is 0 Å². The fraction of sp³-hybridized carbons (Fsp3) is 0.364. The number of pyridine rings is 1.